The Labute approximate surface area is 153 Å². The first kappa shape index (κ1) is 16.8. The minimum absolute atomic E-state index is 0.0581. The van der Waals surface area contributed by atoms with Crippen molar-refractivity contribution in [2.24, 2.45) is 5.92 Å². The van der Waals surface area contributed by atoms with Gasteiger partial charge in [0.05, 0.1) is 5.41 Å². The van der Waals surface area contributed by atoms with E-state index in [4.69, 9.17) is 0 Å². The van der Waals surface area contributed by atoms with Gasteiger partial charge in [-0.3, -0.25) is 9.59 Å². The van der Waals surface area contributed by atoms with Gasteiger partial charge in [-0.25, -0.2) is 4.98 Å². The molecule has 26 heavy (non-hydrogen) atoms. The van der Waals surface area contributed by atoms with Crippen LogP contribution in [0.25, 0.3) is 0 Å². The third-order valence-electron chi connectivity index (χ3n) is 5.74. The fourth-order valence-corrected chi connectivity index (χ4v) is 4.04. The first-order valence-corrected chi connectivity index (χ1v) is 9.09. The summed E-state index contributed by atoms with van der Waals surface area (Å²) in [6, 6.07) is 5.53. The molecule has 1 aromatic carbocycles. The lowest BCUT2D eigenvalue weighted by atomic mass is 9.85. The lowest BCUT2D eigenvalue weighted by Gasteiger charge is -2.23. The summed E-state index contributed by atoms with van der Waals surface area (Å²) in [7, 11) is 1.78. The fraction of sp³-hybridized carbons (Fsp3) is 0.450. The molecule has 1 aromatic heterocycles. The van der Waals surface area contributed by atoms with Crippen LogP contribution in [0.5, 0.6) is 0 Å². The van der Waals surface area contributed by atoms with Crippen molar-refractivity contribution in [1.29, 1.82) is 0 Å². The summed E-state index contributed by atoms with van der Waals surface area (Å²) in [6.45, 7) is 5.41. The first-order valence-electron chi connectivity index (χ1n) is 9.09. The third kappa shape index (κ3) is 2.60. The number of benzene rings is 1. The molecule has 0 saturated carbocycles. The molecular formula is C20H24N4O2. The second-order valence-corrected chi connectivity index (χ2v) is 7.83. The number of rotatable bonds is 3. The lowest BCUT2D eigenvalue weighted by Crippen LogP contribution is -2.34. The third-order valence-corrected chi connectivity index (χ3v) is 5.74. The molecule has 1 unspecified atom stereocenters. The van der Waals surface area contributed by atoms with E-state index in [0.717, 1.165) is 36.5 Å². The molecule has 0 bridgehead atoms. The van der Waals surface area contributed by atoms with Gasteiger partial charge in [-0.2, -0.15) is 0 Å². The predicted molar refractivity (Wildman–Crippen MR) is 99.2 cm³/mol. The number of carbonyl (C=O) groups excluding carboxylic acids is 2. The average Bonchev–Trinajstić information content (AvgIpc) is 3.17. The molecule has 2 aromatic rings. The minimum Gasteiger partial charge on any atom is -0.352 e. The van der Waals surface area contributed by atoms with Gasteiger partial charge in [0.15, 0.2) is 0 Å². The zero-order valence-corrected chi connectivity index (χ0v) is 15.5. The van der Waals surface area contributed by atoms with Crippen molar-refractivity contribution < 1.29 is 9.59 Å². The summed E-state index contributed by atoms with van der Waals surface area (Å²) >= 11 is 0. The topological polar surface area (TPSA) is 67.2 Å². The number of fused-ring (bicyclic) bond motifs is 2. The maximum absolute atomic E-state index is 12.6. The molecule has 2 amide bonds. The van der Waals surface area contributed by atoms with Crippen LogP contribution in [0.2, 0.25) is 0 Å². The number of hydrogen-bond donors (Lipinski definition) is 1. The van der Waals surface area contributed by atoms with E-state index in [1.54, 1.807) is 18.0 Å². The highest BCUT2D eigenvalue weighted by atomic mass is 16.2. The van der Waals surface area contributed by atoms with Gasteiger partial charge in [0, 0.05) is 50.2 Å². The number of imidazole rings is 1. The number of nitrogens with one attached hydrogen (secondary N) is 1. The summed E-state index contributed by atoms with van der Waals surface area (Å²) < 4.78 is 2.18. The highest BCUT2D eigenvalue weighted by Gasteiger charge is 2.42. The zero-order valence-electron chi connectivity index (χ0n) is 15.5. The average molecular weight is 352 g/mol. The van der Waals surface area contributed by atoms with E-state index in [0.29, 0.717) is 18.0 Å². The Morgan fingerprint density at radius 3 is 3.00 bits per heavy atom. The van der Waals surface area contributed by atoms with Crippen LogP contribution < -0.4 is 10.2 Å². The number of nitrogens with zero attached hydrogens (tertiary/aromatic N) is 3. The van der Waals surface area contributed by atoms with Gasteiger partial charge in [-0.1, -0.05) is 0 Å². The van der Waals surface area contributed by atoms with Crippen LogP contribution in [0.4, 0.5) is 5.69 Å². The van der Waals surface area contributed by atoms with Crippen LogP contribution in [0.3, 0.4) is 0 Å². The van der Waals surface area contributed by atoms with Crippen LogP contribution in [0.1, 0.15) is 42.0 Å². The van der Waals surface area contributed by atoms with Gasteiger partial charge in [0.1, 0.15) is 5.82 Å². The van der Waals surface area contributed by atoms with Crippen molar-refractivity contribution in [2.45, 2.75) is 38.6 Å². The van der Waals surface area contributed by atoms with Crippen molar-refractivity contribution in [2.75, 3.05) is 18.5 Å². The van der Waals surface area contributed by atoms with E-state index in [9.17, 15) is 9.59 Å². The van der Waals surface area contributed by atoms with Crippen LogP contribution in [-0.4, -0.2) is 35.0 Å². The molecule has 3 heterocycles. The molecule has 2 aliphatic heterocycles. The predicted octanol–water partition coefficient (Wildman–Crippen LogP) is 2.13. The van der Waals surface area contributed by atoms with Crippen LogP contribution in [0.15, 0.2) is 30.6 Å². The van der Waals surface area contributed by atoms with E-state index >= 15 is 0 Å². The molecule has 6 heteroatoms. The smallest absolute Gasteiger partial charge is 0.251 e. The Bertz CT molecular complexity index is 884. The van der Waals surface area contributed by atoms with Crippen molar-refractivity contribution in [1.82, 2.24) is 14.9 Å². The molecule has 1 N–H and O–H groups in total. The summed E-state index contributed by atoms with van der Waals surface area (Å²) in [5.41, 5.74) is 1.81. The maximum atomic E-state index is 12.6. The van der Waals surface area contributed by atoms with E-state index < -0.39 is 5.41 Å². The molecule has 2 aliphatic rings. The van der Waals surface area contributed by atoms with E-state index in [-0.39, 0.29) is 11.8 Å². The first-order chi connectivity index (χ1) is 12.4. The Kier molecular flexibility index (Phi) is 3.86. The zero-order chi connectivity index (χ0) is 18.5. The number of carbonyl (C=O) groups is 2. The monoisotopic (exact) mass is 352 g/mol. The maximum Gasteiger partial charge on any atom is 0.251 e. The van der Waals surface area contributed by atoms with Crippen LogP contribution in [-0.2, 0) is 23.2 Å². The molecule has 6 nitrogen and oxygen atoms in total. The number of anilines is 1. The standard InChI is InChI=1S/C20H24N4O2/c1-20(2)15-11-14(4-5-16(15)23(3)19(20)26)18(25)22-12-13-6-8-24-9-7-21-17(24)10-13/h4-5,7,9,11,13H,6,8,10,12H2,1-3H3,(H,22,25). The molecule has 4 rings (SSSR count). The largest absolute Gasteiger partial charge is 0.352 e. The van der Waals surface area contributed by atoms with Gasteiger partial charge < -0.3 is 14.8 Å². The molecule has 0 spiro atoms. The minimum atomic E-state index is -0.596. The highest BCUT2D eigenvalue weighted by molar-refractivity contribution is 6.08. The molecular weight excluding hydrogens is 328 g/mol. The summed E-state index contributed by atoms with van der Waals surface area (Å²) in [5.74, 6) is 1.48. The Hall–Kier alpha value is -2.63. The quantitative estimate of drug-likeness (QED) is 0.920. The second-order valence-electron chi connectivity index (χ2n) is 7.83. The molecule has 1 atom stereocenters. The van der Waals surface area contributed by atoms with Crippen molar-refractivity contribution in [3.8, 4) is 0 Å². The van der Waals surface area contributed by atoms with E-state index in [2.05, 4.69) is 14.9 Å². The number of hydrogen-bond acceptors (Lipinski definition) is 3. The van der Waals surface area contributed by atoms with Crippen molar-refractivity contribution in [3.63, 3.8) is 0 Å². The summed E-state index contributed by atoms with van der Waals surface area (Å²) in [4.78, 5) is 31.1. The van der Waals surface area contributed by atoms with Gasteiger partial charge in [0.25, 0.3) is 5.91 Å². The van der Waals surface area contributed by atoms with Gasteiger partial charge in [0.2, 0.25) is 5.91 Å². The SMILES string of the molecule is CN1C(=O)C(C)(C)c2cc(C(=O)NCC3CCn4ccnc4C3)ccc21. The van der Waals surface area contributed by atoms with Crippen molar-refractivity contribution in [3.05, 3.63) is 47.5 Å². The number of aryl methyl sites for hydroxylation is 1. The fourth-order valence-electron chi connectivity index (χ4n) is 4.04. The van der Waals surface area contributed by atoms with E-state index in [1.165, 1.54) is 0 Å². The van der Waals surface area contributed by atoms with Gasteiger partial charge in [-0.15, -0.1) is 0 Å². The van der Waals surface area contributed by atoms with Crippen LogP contribution in [0, 0.1) is 5.92 Å². The number of aromatic nitrogens is 2. The molecule has 136 valence electrons. The van der Waals surface area contributed by atoms with E-state index in [1.807, 2.05) is 38.4 Å². The Morgan fingerprint density at radius 1 is 1.38 bits per heavy atom. The number of amides is 2. The van der Waals surface area contributed by atoms with Gasteiger partial charge >= 0.3 is 0 Å². The highest BCUT2D eigenvalue weighted by Crippen LogP contribution is 2.41. The molecule has 0 saturated heterocycles. The van der Waals surface area contributed by atoms with Crippen molar-refractivity contribution >= 4 is 17.5 Å². The Morgan fingerprint density at radius 2 is 2.19 bits per heavy atom. The number of likely N-dealkylation sites (N-methyl/N-ethyl adjacent to an activating group) is 1. The lowest BCUT2D eigenvalue weighted by molar-refractivity contribution is -0.121. The summed E-state index contributed by atoms with van der Waals surface area (Å²) in [6.07, 6.45) is 5.78. The molecule has 0 fully saturated rings. The summed E-state index contributed by atoms with van der Waals surface area (Å²) in [5, 5.41) is 3.06. The van der Waals surface area contributed by atoms with Gasteiger partial charge in [-0.05, 0) is 49.9 Å². The molecule has 0 aliphatic carbocycles. The Balaban J connectivity index is 1.45. The normalized spacial score (nSPS) is 20.7. The second kappa shape index (κ2) is 5.97. The molecule has 0 radical (unpaired) electrons. The van der Waals surface area contributed by atoms with Crippen LogP contribution >= 0.6 is 0 Å².